The first-order valence-electron chi connectivity index (χ1n) is 6.40. The number of nitrogens with zero attached hydrogens (tertiary/aromatic N) is 1. The van der Waals surface area contributed by atoms with Gasteiger partial charge in [-0.15, -0.1) is 0 Å². The van der Waals surface area contributed by atoms with E-state index in [1.54, 1.807) is 0 Å². The van der Waals surface area contributed by atoms with Crippen molar-refractivity contribution in [1.29, 1.82) is 0 Å². The molecule has 0 aromatic rings. The Kier molecular flexibility index (Phi) is 5.77. The Morgan fingerprint density at radius 3 is 2.75 bits per heavy atom. The molecule has 1 atom stereocenters. The minimum Gasteiger partial charge on any atom is -0.352 e. The molecule has 1 fully saturated rings. The third-order valence-electron chi connectivity index (χ3n) is 3.17. The van der Waals surface area contributed by atoms with Gasteiger partial charge in [0.1, 0.15) is 0 Å². The molecule has 4 nitrogen and oxygen atoms in total. The smallest absolute Gasteiger partial charge is 0.234 e. The van der Waals surface area contributed by atoms with Crippen LogP contribution in [0.15, 0.2) is 0 Å². The van der Waals surface area contributed by atoms with Crippen molar-refractivity contribution in [1.82, 2.24) is 15.5 Å². The topological polar surface area (TPSA) is 44.4 Å². The summed E-state index contributed by atoms with van der Waals surface area (Å²) in [6.45, 7) is 9.85. The van der Waals surface area contributed by atoms with Crippen LogP contribution >= 0.6 is 0 Å². The van der Waals surface area contributed by atoms with E-state index in [9.17, 15) is 4.79 Å². The highest BCUT2D eigenvalue weighted by atomic mass is 16.2. The molecule has 0 aromatic carbocycles. The Morgan fingerprint density at radius 2 is 2.19 bits per heavy atom. The maximum Gasteiger partial charge on any atom is 0.234 e. The van der Waals surface area contributed by atoms with Crippen molar-refractivity contribution in [2.75, 3.05) is 26.2 Å². The molecule has 2 N–H and O–H groups in total. The Bertz CT molecular complexity index is 216. The van der Waals surface area contributed by atoms with Gasteiger partial charge in [0.2, 0.25) is 5.91 Å². The molecular weight excluding hydrogens is 202 g/mol. The number of hydrogen-bond acceptors (Lipinski definition) is 3. The van der Waals surface area contributed by atoms with Crippen LogP contribution in [0.3, 0.4) is 0 Å². The monoisotopic (exact) mass is 227 g/mol. The number of carbonyl (C=O) groups excluding carboxylic acids is 1. The standard InChI is InChI=1S/C12H25N3O/c1-4-11(5-2)14-12(16)9-15-7-6-13-10(3)8-15/h10-11,13H,4-9H2,1-3H3,(H,14,16). The number of carbonyl (C=O) groups is 1. The average molecular weight is 227 g/mol. The van der Waals surface area contributed by atoms with E-state index in [0.717, 1.165) is 32.5 Å². The summed E-state index contributed by atoms with van der Waals surface area (Å²) in [6.07, 6.45) is 2.03. The normalized spacial score (nSPS) is 22.4. The number of nitrogens with one attached hydrogen (secondary N) is 2. The largest absolute Gasteiger partial charge is 0.352 e. The van der Waals surface area contributed by atoms with E-state index in [0.29, 0.717) is 18.6 Å². The Balaban J connectivity index is 2.27. The maximum absolute atomic E-state index is 11.8. The lowest BCUT2D eigenvalue weighted by Gasteiger charge is -2.31. The molecule has 0 radical (unpaired) electrons. The zero-order valence-electron chi connectivity index (χ0n) is 10.8. The van der Waals surface area contributed by atoms with Gasteiger partial charge in [-0.25, -0.2) is 0 Å². The lowest BCUT2D eigenvalue weighted by molar-refractivity contribution is -0.123. The molecule has 0 aromatic heterocycles. The molecule has 94 valence electrons. The van der Waals surface area contributed by atoms with E-state index in [4.69, 9.17) is 0 Å². The van der Waals surface area contributed by atoms with Crippen LogP contribution in [0.1, 0.15) is 33.6 Å². The predicted molar refractivity (Wildman–Crippen MR) is 66.4 cm³/mol. The van der Waals surface area contributed by atoms with Crippen molar-refractivity contribution in [2.45, 2.75) is 45.7 Å². The van der Waals surface area contributed by atoms with Crippen molar-refractivity contribution in [3.63, 3.8) is 0 Å². The lowest BCUT2D eigenvalue weighted by Crippen LogP contribution is -2.52. The van der Waals surface area contributed by atoms with Gasteiger partial charge in [0.25, 0.3) is 0 Å². The molecule has 1 aliphatic heterocycles. The zero-order valence-corrected chi connectivity index (χ0v) is 10.8. The van der Waals surface area contributed by atoms with Crippen molar-refractivity contribution in [2.24, 2.45) is 0 Å². The Hall–Kier alpha value is -0.610. The van der Waals surface area contributed by atoms with Gasteiger partial charge in [-0.2, -0.15) is 0 Å². The molecule has 1 unspecified atom stereocenters. The fraction of sp³-hybridized carbons (Fsp3) is 0.917. The summed E-state index contributed by atoms with van der Waals surface area (Å²) in [5.41, 5.74) is 0. The number of hydrogen-bond donors (Lipinski definition) is 2. The van der Waals surface area contributed by atoms with Gasteiger partial charge in [0, 0.05) is 31.7 Å². The molecule has 1 heterocycles. The van der Waals surface area contributed by atoms with Gasteiger partial charge in [-0.1, -0.05) is 13.8 Å². The van der Waals surface area contributed by atoms with Crippen LogP contribution in [0, 0.1) is 0 Å². The van der Waals surface area contributed by atoms with Crippen LogP contribution in [-0.2, 0) is 4.79 Å². The summed E-state index contributed by atoms with van der Waals surface area (Å²) in [5.74, 6) is 0.169. The van der Waals surface area contributed by atoms with E-state index in [1.165, 1.54) is 0 Å². The van der Waals surface area contributed by atoms with E-state index in [2.05, 4.69) is 36.3 Å². The molecular formula is C12H25N3O. The van der Waals surface area contributed by atoms with Crippen LogP contribution in [0.5, 0.6) is 0 Å². The minimum absolute atomic E-state index is 0.169. The molecule has 0 aliphatic carbocycles. The summed E-state index contributed by atoms with van der Waals surface area (Å²) < 4.78 is 0. The first kappa shape index (κ1) is 13.5. The molecule has 16 heavy (non-hydrogen) atoms. The second-order valence-electron chi connectivity index (χ2n) is 4.67. The van der Waals surface area contributed by atoms with Crippen LogP contribution in [0.25, 0.3) is 0 Å². The van der Waals surface area contributed by atoms with Crippen LogP contribution in [0.4, 0.5) is 0 Å². The highest BCUT2D eigenvalue weighted by molar-refractivity contribution is 5.78. The quantitative estimate of drug-likeness (QED) is 0.722. The van der Waals surface area contributed by atoms with Crippen molar-refractivity contribution >= 4 is 5.91 Å². The van der Waals surface area contributed by atoms with Gasteiger partial charge in [0.05, 0.1) is 6.54 Å². The highest BCUT2D eigenvalue weighted by Crippen LogP contribution is 1.99. The molecule has 1 rings (SSSR count). The summed E-state index contributed by atoms with van der Waals surface area (Å²) in [5, 5.41) is 6.45. The summed E-state index contributed by atoms with van der Waals surface area (Å²) in [7, 11) is 0. The van der Waals surface area contributed by atoms with Gasteiger partial charge < -0.3 is 10.6 Å². The Morgan fingerprint density at radius 1 is 1.50 bits per heavy atom. The predicted octanol–water partition coefficient (Wildman–Crippen LogP) is 0.585. The molecule has 0 spiro atoms. The molecule has 1 aliphatic rings. The second kappa shape index (κ2) is 6.86. The highest BCUT2D eigenvalue weighted by Gasteiger charge is 2.18. The number of piperazine rings is 1. The summed E-state index contributed by atoms with van der Waals surface area (Å²) >= 11 is 0. The molecule has 1 saturated heterocycles. The molecule has 0 bridgehead atoms. The second-order valence-corrected chi connectivity index (χ2v) is 4.67. The van der Waals surface area contributed by atoms with E-state index in [-0.39, 0.29) is 5.91 Å². The van der Waals surface area contributed by atoms with Crippen molar-refractivity contribution in [3.05, 3.63) is 0 Å². The number of amides is 1. The van der Waals surface area contributed by atoms with E-state index >= 15 is 0 Å². The van der Waals surface area contributed by atoms with E-state index < -0.39 is 0 Å². The summed E-state index contributed by atoms with van der Waals surface area (Å²) in [4.78, 5) is 14.0. The Labute approximate surface area is 98.8 Å². The van der Waals surface area contributed by atoms with Crippen molar-refractivity contribution < 1.29 is 4.79 Å². The van der Waals surface area contributed by atoms with Gasteiger partial charge in [-0.05, 0) is 19.8 Å². The molecule has 0 saturated carbocycles. The van der Waals surface area contributed by atoms with Gasteiger partial charge in [0.15, 0.2) is 0 Å². The van der Waals surface area contributed by atoms with E-state index in [1.807, 2.05) is 0 Å². The van der Waals surface area contributed by atoms with Crippen LogP contribution < -0.4 is 10.6 Å². The van der Waals surface area contributed by atoms with Crippen molar-refractivity contribution in [3.8, 4) is 0 Å². The maximum atomic E-state index is 11.8. The third-order valence-corrected chi connectivity index (χ3v) is 3.17. The van der Waals surface area contributed by atoms with Gasteiger partial charge in [-0.3, -0.25) is 9.69 Å². The average Bonchev–Trinajstić information content (AvgIpc) is 2.26. The first-order valence-corrected chi connectivity index (χ1v) is 6.40. The fourth-order valence-corrected chi connectivity index (χ4v) is 2.13. The fourth-order valence-electron chi connectivity index (χ4n) is 2.13. The third kappa shape index (κ3) is 4.49. The van der Waals surface area contributed by atoms with Gasteiger partial charge >= 0.3 is 0 Å². The first-order chi connectivity index (χ1) is 7.65. The summed E-state index contributed by atoms with van der Waals surface area (Å²) in [6, 6.07) is 0.836. The number of rotatable bonds is 5. The molecule has 4 heteroatoms. The van der Waals surface area contributed by atoms with Crippen LogP contribution in [0.2, 0.25) is 0 Å². The molecule has 1 amide bonds. The minimum atomic E-state index is 0.169. The SMILES string of the molecule is CCC(CC)NC(=O)CN1CCNC(C)C1. The zero-order chi connectivity index (χ0) is 12.0. The van der Waals surface area contributed by atoms with Crippen LogP contribution in [-0.4, -0.2) is 49.1 Å². The lowest BCUT2D eigenvalue weighted by atomic mass is 10.1.